The van der Waals surface area contributed by atoms with Crippen molar-refractivity contribution in [3.63, 3.8) is 0 Å². The third kappa shape index (κ3) is 4.36. The minimum absolute atomic E-state index is 0.213. The topological polar surface area (TPSA) is 51.2 Å². The summed E-state index contributed by atoms with van der Waals surface area (Å²) >= 11 is 7.99. The molecule has 0 aliphatic carbocycles. The molecule has 0 unspecified atom stereocenters. The van der Waals surface area contributed by atoms with Crippen LogP contribution in [0.15, 0.2) is 42.6 Å². The molecule has 1 amide bonds. The molecule has 0 atom stereocenters. The summed E-state index contributed by atoms with van der Waals surface area (Å²) in [5, 5.41) is 3.06. The highest BCUT2D eigenvalue weighted by Gasteiger charge is 2.06. The molecule has 0 bridgehead atoms. The largest absolute Gasteiger partial charge is 0.444 e. The summed E-state index contributed by atoms with van der Waals surface area (Å²) in [6.07, 6.45) is 1.02. The van der Waals surface area contributed by atoms with E-state index in [1.54, 1.807) is 12.3 Å². The van der Waals surface area contributed by atoms with Crippen LogP contribution >= 0.6 is 34.2 Å². The molecule has 0 fully saturated rings. The molecule has 0 radical (unpaired) electrons. The molecule has 0 aliphatic rings. The van der Waals surface area contributed by atoms with Gasteiger partial charge in [0, 0.05) is 12.3 Å². The van der Waals surface area contributed by atoms with E-state index in [9.17, 15) is 4.79 Å². The third-order valence-electron chi connectivity index (χ3n) is 2.25. The molecule has 19 heavy (non-hydrogen) atoms. The molecule has 98 valence electrons. The van der Waals surface area contributed by atoms with Crippen molar-refractivity contribution in [2.24, 2.45) is 0 Å². The second kappa shape index (κ2) is 6.72. The molecular weight excluding hydrogens is 379 g/mol. The standard InChI is InChI=1S/C13H10ClIN2O2/c14-10-6-12(16-7-11(10)15)17-13(18)19-8-9-4-2-1-3-5-9/h1-7H,8H2,(H,16,17,18). The molecule has 0 saturated heterocycles. The summed E-state index contributed by atoms with van der Waals surface area (Å²) in [6.45, 7) is 0.213. The number of aromatic nitrogens is 1. The van der Waals surface area contributed by atoms with Gasteiger partial charge in [-0.1, -0.05) is 41.9 Å². The maximum atomic E-state index is 11.6. The van der Waals surface area contributed by atoms with E-state index in [4.69, 9.17) is 16.3 Å². The van der Waals surface area contributed by atoms with Gasteiger partial charge in [0.05, 0.1) is 8.59 Å². The van der Waals surface area contributed by atoms with Crippen LogP contribution in [0.1, 0.15) is 5.56 Å². The van der Waals surface area contributed by atoms with Gasteiger partial charge in [-0.15, -0.1) is 0 Å². The van der Waals surface area contributed by atoms with Gasteiger partial charge in [-0.05, 0) is 28.2 Å². The Labute approximate surface area is 129 Å². The van der Waals surface area contributed by atoms with E-state index < -0.39 is 6.09 Å². The number of amides is 1. The summed E-state index contributed by atoms with van der Waals surface area (Å²) in [4.78, 5) is 15.6. The number of hydrogen-bond donors (Lipinski definition) is 1. The van der Waals surface area contributed by atoms with Crippen molar-refractivity contribution in [3.05, 3.63) is 56.8 Å². The average molecular weight is 389 g/mol. The molecule has 0 aliphatic heterocycles. The van der Waals surface area contributed by atoms with E-state index in [0.717, 1.165) is 9.13 Å². The first-order valence-corrected chi connectivity index (χ1v) is 6.89. The number of nitrogens with zero attached hydrogens (tertiary/aromatic N) is 1. The maximum Gasteiger partial charge on any atom is 0.413 e. The van der Waals surface area contributed by atoms with Crippen LogP contribution in [0.2, 0.25) is 5.02 Å². The lowest BCUT2D eigenvalue weighted by Gasteiger charge is -2.07. The molecular formula is C13H10ClIN2O2. The fourth-order valence-electron chi connectivity index (χ4n) is 1.35. The molecule has 0 saturated carbocycles. The van der Waals surface area contributed by atoms with Gasteiger partial charge >= 0.3 is 6.09 Å². The Morgan fingerprint density at radius 3 is 2.79 bits per heavy atom. The monoisotopic (exact) mass is 388 g/mol. The number of pyridine rings is 1. The number of carbonyl (C=O) groups excluding carboxylic acids is 1. The van der Waals surface area contributed by atoms with Crippen LogP contribution < -0.4 is 5.32 Å². The molecule has 4 nitrogen and oxygen atoms in total. The number of carbonyl (C=O) groups is 1. The lowest BCUT2D eigenvalue weighted by molar-refractivity contribution is 0.155. The summed E-state index contributed by atoms with van der Waals surface area (Å²) in [7, 11) is 0. The van der Waals surface area contributed by atoms with Gasteiger partial charge in [0.1, 0.15) is 12.4 Å². The molecule has 0 spiro atoms. The quantitative estimate of drug-likeness (QED) is 0.806. The zero-order valence-corrected chi connectivity index (χ0v) is 12.7. The summed E-state index contributed by atoms with van der Waals surface area (Å²) in [5.74, 6) is 0.364. The van der Waals surface area contributed by atoms with Crippen LogP contribution in [-0.2, 0) is 11.3 Å². The number of halogens is 2. The molecule has 2 aromatic rings. The van der Waals surface area contributed by atoms with Crippen LogP contribution in [-0.4, -0.2) is 11.1 Å². The molecule has 1 aromatic heterocycles. The minimum atomic E-state index is -0.561. The van der Waals surface area contributed by atoms with Crippen LogP contribution in [0.4, 0.5) is 10.6 Å². The van der Waals surface area contributed by atoms with Crippen molar-refractivity contribution < 1.29 is 9.53 Å². The Kier molecular flexibility index (Phi) is 4.98. The second-order valence-corrected chi connectivity index (χ2v) is 5.24. The first kappa shape index (κ1) is 14.1. The van der Waals surface area contributed by atoms with Crippen molar-refractivity contribution in [3.8, 4) is 0 Å². The molecule has 1 N–H and O–H groups in total. The minimum Gasteiger partial charge on any atom is -0.444 e. The van der Waals surface area contributed by atoms with Gasteiger partial charge in [0.2, 0.25) is 0 Å². The van der Waals surface area contributed by atoms with Crippen LogP contribution in [0.3, 0.4) is 0 Å². The van der Waals surface area contributed by atoms with E-state index in [1.165, 1.54) is 0 Å². The Balaban J connectivity index is 1.89. The van der Waals surface area contributed by atoms with Crippen LogP contribution in [0, 0.1) is 3.57 Å². The number of ether oxygens (including phenoxy) is 1. The van der Waals surface area contributed by atoms with Crippen molar-refractivity contribution >= 4 is 46.1 Å². The van der Waals surface area contributed by atoms with Gasteiger partial charge in [-0.3, -0.25) is 5.32 Å². The molecule has 6 heteroatoms. The van der Waals surface area contributed by atoms with Crippen LogP contribution in [0.5, 0.6) is 0 Å². The predicted molar refractivity (Wildman–Crippen MR) is 82.2 cm³/mol. The summed E-state index contributed by atoms with van der Waals surface area (Å²) in [5.41, 5.74) is 0.922. The van der Waals surface area contributed by atoms with Gasteiger partial charge in [-0.25, -0.2) is 9.78 Å². The highest BCUT2D eigenvalue weighted by molar-refractivity contribution is 14.1. The van der Waals surface area contributed by atoms with E-state index in [2.05, 4.69) is 32.9 Å². The molecule has 1 aromatic carbocycles. The Bertz CT molecular complexity index is 578. The van der Waals surface area contributed by atoms with Crippen LogP contribution in [0.25, 0.3) is 0 Å². The highest BCUT2D eigenvalue weighted by Crippen LogP contribution is 2.20. The fourth-order valence-corrected chi connectivity index (χ4v) is 1.79. The second-order valence-electron chi connectivity index (χ2n) is 3.67. The van der Waals surface area contributed by atoms with Crippen molar-refractivity contribution in [2.75, 3.05) is 5.32 Å². The van der Waals surface area contributed by atoms with Crippen molar-refractivity contribution in [1.29, 1.82) is 0 Å². The zero-order chi connectivity index (χ0) is 13.7. The number of hydrogen-bond acceptors (Lipinski definition) is 3. The number of anilines is 1. The molecule has 1 heterocycles. The van der Waals surface area contributed by atoms with Crippen molar-refractivity contribution in [2.45, 2.75) is 6.61 Å². The lowest BCUT2D eigenvalue weighted by atomic mass is 10.2. The van der Waals surface area contributed by atoms with Gasteiger partial charge < -0.3 is 4.74 Å². The number of nitrogens with one attached hydrogen (secondary N) is 1. The summed E-state index contributed by atoms with van der Waals surface area (Å²) in [6, 6.07) is 11.0. The first-order chi connectivity index (χ1) is 9.15. The van der Waals surface area contributed by atoms with Crippen molar-refractivity contribution in [1.82, 2.24) is 4.98 Å². The Hall–Kier alpha value is -1.34. The third-order valence-corrected chi connectivity index (χ3v) is 3.74. The average Bonchev–Trinajstić information content (AvgIpc) is 2.42. The normalized spacial score (nSPS) is 10.0. The van der Waals surface area contributed by atoms with E-state index in [1.807, 2.05) is 30.3 Å². The zero-order valence-electron chi connectivity index (χ0n) is 9.77. The predicted octanol–water partition coefficient (Wildman–Crippen LogP) is 4.09. The summed E-state index contributed by atoms with van der Waals surface area (Å²) < 4.78 is 5.89. The first-order valence-electron chi connectivity index (χ1n) is 5.44. The van der Waals surface area contributed by atoms with E-state index in [0.29, 0.717) is 10.8 Å². The smallest absolute Gasteiger partial charge is 0.413 e. The lowest BCUT2D eigenvalue weighted by Crippen LogP contribution is -2.14. The van der Waals surface area contributed by atoms with Gasteiger partial charge in [0.25, 0.3) is 0 Å². The van der Waals surface area contributed by atoms with E-state index in [-0.39, 0.29) is 6.61 Å². The fraction of sp³-hybridized carbons (Fsp3) is 0.0769. The number of benzene rings is 1. The van der Waals surface area contributed by atoms with Gasteiger partial charge in [-0.2, -0.15) is 0 Å². The highest BCUT2D eigenvalue weighted by atomic mass is 127. The Morgan fingerprint density at radius 2 is 2.11 bits per heavy atom. The van der Waals surface area contributed by atoms with E-state index >= 15 is 0 Å². The SMILES string of the molecule is O=C(Nc1cc(Cl)c(I)cn1)OCc1ccccc1. The maximum absolute atomic E-state index is 11.6. The van der Waals surface area contributed by atoms with Gasteiger partial charge in [0.15, 0.2) is 0 Å². The Morgan fingerprint density at radius 1 is 1.37 bits per heavy atom. The number of rotatable bonds is 3. The molecule has 2 rings (SSSR count).